The van der Waals surface area contributed by atoms with Crippen LogP contribution in [-0.4, -0.2) is 13.1 Å². The minimum Gasteiger partial charge on any atom is -0.466 e. The molecule has 98 valence electrons. The van der Waals surface area contributed by atoms with Crippen LogP contribution in [0.15, 0.2) is 40.8 Å². The Labute approximate surface area is 120 Å². The lowest BCUT2D eigenvalue weighted by Gasteiger charge is -2.00. The molecule has 5 heteroatoms. The van der Waals surface area contributed by atoms with Crippen LogP contribution in [0.5, 0.6) is 0 Å². The number of hydrogen-bond acceptors (Lipinski definition) is 3. The summed E-state index contributed by atoms with van der Waals surface area (Å²) in [6, 6.07) is 8.66. The summed E-state index contributed by atoms with van der Waals surface area (Å²) in [6.45, 7) is 0. The Bertz CT molecular complexity index is 629. The molecule has 0 aliphatic carbocycles. The molecule has 3 nitrogen and oxygen atoms in total. The largest absolute Gasteiger partial charge is 0.466 e. The summed E-state index contributed by atoms with van der Waals surface area (Å²) in [6.07, 6.45) is 2.81. The highest BCUT2D eigenvalue weighted by molar-refractivity contribution is 6.36. The van der Waals surface area contributed by atoms with Crippen LogP contribution in [-0.2, 0) is 9.53 Å². The molecule has 0 spiro atoms. The Morgan fingerprint density at radius 1 is 1.26 bits per heavy atom. The number of ether oxygens (including phenoxy) is 1. The van der Waals surface area contributed by atoms with Crippen LogP contribution in [0.25, 0.3) is 17.4 Å². The highest BCUT2D eigenvalue weighted by Crippen LogP contribution is 2.31. The average molecular weight is 297 g/mol. The van der Waals surface area contributed by atoms with Gasteiger partial charge in [-0.25, -0.2) is 4.79 Å². The average Bonchev–Trinajstić information content (AvgIpc) is 2.84. The molecular formula is C14H10Cl2O3. The van der Waals surface area contributed by atoms with Gasteiger partial charge in [0, 0.05) is 16.7 Å². The molecule has 2 rings (SSSR count). The normalized spacial score (nSPS) is 10.9. The monoisotopic (exact) mass is 296 g/mol. The maximum Gasteiger partial charge on any atom is 0.330 e. The fourth-order valence-electron chi connectivity index (χ4n) is 1.49. The maximum absolute atomic E-state index is 11.0. The molecule has 0 aliphatic rings. The van der Waals surface area contributed by atoms with E-state index in [1.165, 1.54) is 19.3 Å². The Morgan fingerprint density at radius 3 is 2.74 bits per heavy atom. The summed E-state index contributed by atoms with van der Waals surface area (Å²) in [5.74, 6) is 0.695. The number of carbonyl (C=O) groups excluding carboxylic acids is 1. The first-order valence-corrected chi connectivity index (χ1v) is 6.17. The lowest BCUT2D eigenvalue weighted by molar-refractivity contribution is -0.134. The van der Waals surface area contributed by atoms with Gasteiger partial charge in [-0.15, -0.1) is 0 Å². The van der Waals surface area contributed by atoms with Gasteiger partial charge in [-0.2, -0.15) is 0 Å². The highest BCUT2D eigenvalue weighted by atomic mass is 35.5. The summed E-state index contributed by atoms with van der Waals surface area (Å²) in [4.78, 5) is 11.0. The number of furan rings is 1. The standard InChI is InChI=1S/C14H10Cl2O3/c1-18-14(17)7-4-10-3-6-13(19-10)11-5-2-9(15)8-12(11)16/h2-8H,1H3/b7-4+. The van der Waals surface area contributed by atoms with Crippen molar-refractivity contribution in [2.24, 2.45) is 0 Å². The van der Waals surface area contributed by atoms with Crippen molar-refractivity contribution in [3.63, 3.8) is 0 Å². The SMILES string of the molecule is COC(=O)/C=C/c1ccc(-c2ccc(Cl)cc2Cl)o1. The van der Waals surface area contributed by atoms with Crippen LogP contribution in [0.4, 0.5) is 0 Å². The second-order valence-corrected chi connectivity index (χ2v) is 4.53. The molecule has 0 aliphatic heterocycles. The number of carbonyl (C=O) groups is 1. The van der Waals surface area contributed by atoms with Crippen molar-refractivity contribution in [1.29, 1.82) is 0 Å². The third-order valence-corrected chi connectivity index (χ3v) is 2.96. The summed E-state index contributed by atoms with van der Waals surface area (Å²) >= 11 is 11.9. The fraction of sp³-hybridized carbons (Fsp3) is 0.0714. The van der Waals surface area contributed by atoms with E-state index >= 15 is 0 Å². The zero-order chi connectivity index (χ0) is 13.8. The molecule has 0 unspecified atom stereocenters. The van der Waals surface area contributed by atoms with Crippen molar-refractivity contribution in [3.8, 4) is 11.3 Å². The number of rotatable bonds is 3. The summed E-state index contributed by atoms with van der Waals surface area (Å²) in [5, 5.41) is 1.07. The number of hydrogen-bond donors (Lipinski definition) is 0. The van der Waals surface area contributed by atoms with E-state index < -0.39 is 5.97 Å². The smallest absolute Gasteiger partial charge is 0.330 e. The zero-order valence-corrected chi connectivity index (χ0v) is 11.5. The molecule has 1 aromatic carbocycles. The van der Waals surface area contributed by atoms with Crippen molar-refractivity contribution < 1.29 is 13.9 Å². The molecule has 1 aromatic heterocycles. The van der Waals surface area contributed by atoms with Gasteiger partial charge < -0.3 is 9.15 Å². The molecular weight excluding hydrogens is 287 g/mol. The number of methoxy groups -OCH3 is 1. The quantitative estimate of drug-likeness (QED) is 0.621. The first-order valence-electron chi connectivity index (χ1n) is 5.41. The molecule has 0 saturated carbocycles. The lowest BCUT2D eigenvalue weighted by Crippen LogP contribution is -1.92. The van der Waals surface area contributed by atoms with Gasteiger partial charge >= 0.3 is 5.97 Å². The Balaban J connectivity index is 2.26. The lowest BCUT2D eigenvalue weighted by atomic mass is 10.2. The second-order valence-electron chi connectivity index (χ2n) is 3.68. The molecule has 0 bridgehead atoms. The van der Waals surface area contributed by atoms with Crippen LogP contribution < -0.4 is 0 Å². The highest BCUT2D eigenvalue weighted by Gasteiger charge is 2.08. The van der Waals surface area contributed by atoms with E-state index in [1.54, 1.807) is 30.3 Å². The Morgan fingerprint density at radius 2 is 2.05 bits per heavy atom. The molecule has 0 amide bonds. The summed E-state index contributed by atoms with van der Waals surface area (Å²) in [5.41, 5.74) is 0.740. The van der Waals surface area contributed by atoms with Crippen LogP contribution >= 0.6 is 23.2 Å². The van der Waals surface area contributed by atoms with Crippen LogP contribution in [0.1, 0.15) is 5.76 Å². The summed E-state index contributed by atoms with van der Waals surface area (Å²) in [7, 11) is 1.31. The van der Waals surface area contributed by atoms with Crippen molar-refractivity contribution in [3.05, 3.63) is 52.2 Å². The van der Waals surface area contributed by atoms with Gasteiger partial charge in [0.05, 0.1) is 12.1 Å². The molecule has 19 heavy (non-hydrogen) atoms. The van der Waals surface area contributed by atoms with Gasteiger partial charge in [-0.3, -0.25) is 0 Å². The predicted molar refractivity (Wildman–Crippen MR) is 75.2 cm³/mol. The third-order valence-electron chi connectivity index (χ3n) is 2.41. The van der Waals surface area contributed by atoms with E-state index in [0.717, 1.165) is 5.56 Å². The second kappa shape index (κ2) is 5.95. The minimum absolute atomic E-state index is 0.442. The van der Waals surface area contributed by atoms with Gasteiger partial charge in [-0.1, -0.05) is 23.2 Å². The molecule has 1 heterocycles. The van der Waals surface area contributed by atoms with E-state index in [2.05, 4.69) is 4.74 Å². The zero-order valence-electron chi connectivity index (χ0n) is 10.0. The van der Waals surface area contributed by atoms with E-state index in [0.29, 0.717) is 21.6 Å². The maximum atomic E-state index is 11.0. The molecule has 0 saturated heterocycles. The topological polar surface area (TPSA) is 39.4 Å². The van der Waals surface area contributed by atoms with Crippen LogP contribution in [0, 0.1) is 0 Å². The Hall–Kier alpha value is -1.71. The van der Waals surface area contributed by atoms with Gasteiger partial charge in [0.1, 0.15) is 11.5 Å². The molecule has 0 radical (unpaired) electrons. The number of benzene rings is 1. The summed E-state index contributed by atoms with van der Waals surface area (Å²) < 4.78 is 10.1. The van der Waals surface area contributed by atoms with Crippen LogP contribution in [0.3, 0.4) is 0 Å². The predicted octanol–water partition coefficient (Wildman–Crippen LogP) is 4.44. The van der Waals surface area contributed by atoms with Gasteiger partial charge in [0.25, 0.3) is 0 Å². The van der Waals surface area contributed by atoms with Crippen LogP contribution in [0.2, 0.25) is 10.0 Å². The number of halogens is 2. The minimum atomic E-state index is -0.442. The van der Waals surface area contributed by atoms with Crippen molar-refractivity contribution in [2.45, 2.75) is 0 Å². The van der Waals surface area contributed by atoms with E-state index in [1.807, 2.05) is 0 Å². The van der Waals surface area contributed by atoms with Gasteiger partial charge in [0.15, 0.2) is 0 Å². The Kier molecular flexibility index (Phi) is 4.30. The van der Waals surface area contributed by atoms with E-state index in [-0.39, 0.29) is 0 Å². The molecule has 0 atom stereocenters. The molecule has 0 N–H and O–H groups in total. The molecule has 2 aromatic rings. The van der Waals surface area contributed by atoms with E-state index in [4.69, 9.17) is 27.6 Å². The van der Waals surface area contributed by atoms with E-state index in [9.17, 15) is 4.79 Å². The van der Waals surface area contributed by atoms with Crippen molar-refractivity contribution in [1.82, 2.24) is 0 Å². The number of esters is 1. The van der Waals surface area contributed by atoms with Crippen molar-refractivity contribution >= 4 is 35.2 Å². The van der Waals surface area contributed by atoms with Gasteiger partial charge in [-0.05, 0) is 36.4 Å². The first-order chi connectivity index (χ1) is 9.10. The third kappa shape index (κ3) is 3.40. The van der Waals surface area contributed by atoms with Gasteiger partial charge in [0.2, 0.25) is 0 Å². The van der Waals surface area contributed by atoms with Crippen molar-refractivity contribution in [2.75, 3.05) is 7.11 Å². The molecule has 0 fully saturated rings. The fourth-order valence-corrected chi connectivity index (χ4v) is 2.00. The first kappa shape index (κ1) is 13.7.